The number of sulfone groups is 1. The van der Waals surface area contributed by atoms with Gasteiger partial charge in [0.1, 0.15) is 0 Å². The van der Waals surface area contributed by atoms with Gasteiger partial charge in [0.15, 0.2) is 16.1 Å². The molecule has 1 aliphatic rings. The molecule has 1 saturated heterocycles. The van der Waals surface area contributed by atoms with Crippen LogP contribution < -0.4 is 4.90 Å². The van der Waals surface area contributed by atoms with Crippen LogP contribution in [-0.4, -0.2) is 38.8 Å². The van der Waals surface area contributed by atoms with Gasteiger partial charge in [0.25, 0.3) is 0 Å². The Balaban J connectivity index is 2.27. The Morgan fingerprint density at radius 1 is 1.44 bits per heavy atom. The fourth-order valence-electron chi connectivity index (χ4n) is 2.17. The molecule has 18 heavy (non-hydrogen) atoms. The first kappa shape index (κ1) is 13.5. The summed E-state index contributed by atoms with van der Waals surface area (Å²) in [5.41, 5.74) is 1.53. The highest BCUT2D eigenvalue weighted by atomic mass is 79.9. The zero-order chi connectivity index (χ0) is 13.3. The maximum absolute atomic E-state index is 11.5. The Kier molecular flexibility index (Phi) is 3.77. The molecule has 1 aromatic rings. The van der Waals surface area contributed by atoms with Crippen molar-refractivity contribution in [1.29, 1.82) is 0 Å². The summed E-state index contributed by atoms with van der Waals surface area (Å²) in [6, 6.07) is 5.40. The van der Waals surface area contributed by atoms with Crippen LogP contribution in [0.4, 0.5) is 5.69 Å². The summed E-state index contributed by atoms with van der Waals surface area (Å²) in [6.45, 7) is 2.40. The minimum absolute atomic E-state index is 0.0438. The number of anilines is 1. The van der Waals surface area contributed by atoms with Gasteiger partial charge in [-0.25, -0.2) is 8.42 Å². The van der Waals surface area contributed by atoms with E-state index < -0.39 is 9.84 Å². The molecular weight excluding hydrogens is 318 g/mol. The molecule has 4 nitrogen and oxygen atoms in total. The largest absolute Gasteiger partial charge is 0.367 e. The summed E-state index contributed by atoms with van der Waals surface area (Å²) in [5, 5.41) is 0. The second kappa shape index (κ2) is 5.01. The third-order valence-corrected chi connectivity index (χ3v) is 5.59. The number of carbonyl (C=O) groups is 1. The van der Waals surface area contributed by atoms with Gasteiger partial charge in [-0.1, -0.05) is 0 Å². The highest BCUT2D eigenvalue weighted by Gasteiger charge is 2.28. The van der Waals surface area contributed by atoms with E-state index in [1.165, 1.54) is 0 Å². The fourth-order valence-corrected chi connectivity index (χ4v) is 4.19. The third kappa shape index (κ3) is 2.75. The first-order valence-electron chi connectivity index (χ1n) is 5.65. The zero-order valence-corrected chi connectivity index (χ0v) is 12.4. The van der Waals surface area contributed by atoms with Gasteiger partial charge in [-0.05, 0) is 41.1 Å². The topological polar surface area (TPSA) is 54.5 Å². The minimum atomic E-state index is -2.91. The van der Waals surface area contributed by atoms with Crippen LogP contribution in [0, 0.1) is 0 Å². The van der Waals surface area contributed by atoms with E-state index in [4.69, 9.17) is 0 Å². The van der Waals surface area contributed by atoms with E-state index in [1.807, 2.05) is 19.1 Å². The number of aldehydes is 1. The summed E-state index contributed by atoms with van der Waals surface area (Å²) in [4.78, 5) is 12.8. The van der Waals surface area contributed by atoms with Crippen LogP contribution in [0.3, 0.4) is 0 Å². The van der Waals surface area contributed by atoms with Crippen molar-refractivity contribution in [2.24, 2.45) is 0 Å². The van der Waals surface area contributed by atoms with Gasteiger partial charge < -0.3 is 4.90 Å². The molecule has 1 heterocycles. The van der Waals surface area contributed by atoms with E-state index in [0.717, 1.165) is 16.4 Å². The van der Waals surface area contributed by atoms with Crippen LogP contribution in [0.1, 0.15) is 17.3 Å². The molecule has 1 unspecified atom stereocenters. The van der Waals surface area contributed by atoms with Gasteiger partial charge in [0.05, 0.1) is 11.5 Å². The molecule has 0 bridgehead atoms. The molecule has 0 aliphatic carbocycles. The molecular formula is C12H14BrNO3S. The number of halogens is 1. The van der Waals surface area contributed by atoms with Crippen LogP contribution in [-0.2, 0) is 9.84 Å². The maximum atomic E-state index is 11.5. The lowest BCUT2D eigenvalue weighted by Gasteiger charge is -2.35. The average molecular weight is 332 g/mol. The molecule has 0 radical (unpaired) electrons. The van der Waals surface area contributed by atoms with Crippen LogP contribution >= 0.6 is 15.9 Å². The summed E-state index contributed by atoms with van der Waals surface area (Å²) in [6.07, 6.45) is 0.790. The Hall–Kier alpha value is -0.880. The Bertz CT molecular complexity index is 571. The standard InChI is InChI=1S/C12H14BrNO3S/c1-9-8-18(16,17)5-4-14(9)11-3-2-10(7-15)12(13)6-11/h2-3,6-7,9H,4-5,8H2,1H3. The monoisotopic (exact) mass is 331 g/mol. The minimum Gasteiger partial charge on any atom is -0.367 e. The summed E-state index contributed by atoms with van der Waals surface area (Å²) in [5.74, 6) is 0.366. The molecule has 1 atom stereocenters. The molecule has 0 saturated carbocycles. The molecule has 1 fully saturated rings. The summed E-state index contributed by atoms with van der Waals surface area (Å²) >= 11 is 3.34. The molecule has 6 heteroatoms. The molecule has 0 spiro atoms. The van der Waals surface area contributed by atoms with Gasteiger partial charge in [-0.2, -0.15) is 0 Å². The molecule has 1 aliphatic heterocycles. The van der Waals surface area contributed by atoms with Crippen molar-refractivity contribution >= 4 is 37.7 Å². The SMILES string of the molecule is CC1CS(=O)(=O)CCN1c1ccc(C=O)c(Br)c1. The number of hydrogen-bond donors (Lipinski definition) is 0. The number of carbonyl (C=O) groups excluding carboxylic acids is 1. The number of benzene rings is 1. The first-order valence-corrected chi connectivity index (χ1v) is 8.26. The third-order valence-electron chi connectivity index (χ3n) is 3.11. The van der Waals surface area contributed by atoms with E-state index in [0.29, 0.717) is 12.1 Å². The van der Waals surface area contributed by atoms with Crippen molar-refractivity contribution in [3.63, 3.8) is 0 Å². The van der Waals surface area contributed by atoms with Crippen LogP contribution in [0.5, 0.6) is 0 Å². The van der Waals surface area contributed by atoms with Crippen LogP contribution in [0.25, 0.3) is 0 Å². The summed E-state index contributed by atoms with van der Waals surface area (Å²) < 4.78 is 23.8. The van der Waals surface area contributed by atoms with E-state index in [-0.39, 0.29) is 17.5 Å². The van der Waals surface area contributed by atoms with Gasteiger partial charge in [0.2, 0.25) is 0 Å². The molecule has 2 rings (SSSR count). The normalized spacial score (nSPS) is 22.8. The Morgan fingerprint density at radius 3 is 2.72 bits per heavy atom. The van der Waals surface area contributed by atoms with Gasteiger partial charge in [0, 0.05) is 28.3 Å². The predicted octanol–water partition coefficient (Wildman–Crippen LogP) is 1.88. The predicted molar refractivity (Wildman–Crippen MR) is 75.0 cm³/mol. The zero-order valence-electron chi connectivity index (χ0n) is 9.97. The summed E-state index contributed by atoms with van der Waals surface area (Å²) in [7, 11) is -2.91. The van der Waals surface area contributed by atoms with Gasteiger partial charge in [-0.15, -0.1) is 0 Å². The second-order valence-electron chi connectivity index (χ2n) is 4.48. The lowest BCUT2D eigenvalue weighted by molar-refractivity contribution is 0.112. The lowest BCUT2D eigenvalue weighted by Crippen LogP contribution is -2.47. The lowest BCUT2D eigenvalue weighted by atomic mass is 10.2. The van der Waals surface area contributed by atoms with Gasteiger partial charge in [-0.3, -0.25) is 4.79 Å². The highest BCUT2D eigenvalue weighted by Crippen LogP contribution is 2.26. The van der Waals surface area contributed by atoms with Crippen molar-refractivity contribution < 1.29 is 13.2 Å². The number of hydrogen-bond acceptors (Lipinski definition) is 4. The molecule has 0 N–H and O–H groups in total. The van der Waals surface area contributed by atoms with Crippen LogP contribution in [0.2, 0.25) is 0 Å². The van der Waals surface area contributed by atoms with Crippen molar-refractivity contribution in [1.82, 2.24) is 0 Å². The smallest absolute Gasteiger partial charge is 0.154 e. The average Bonchev–Trinajstić information content (AvgIpc) is 2.27. The van der Waals surface area contributed by atoms with E-state index in [1.54, 1.807) is 6.07 Å². The van der Waals surface area contributed by atoms with Crippen molar-refractivity contribution in [3.05, 3.63) is 28.2 Å². The van der Waals surface area contributed by atoms with Crippen molar-refractivity contribution in [3.8, 4) is 0 Å². The van der Waals surface area contributed by atoms with Gasteiger partial charge >= 0.3 is 0 Å². The molecule has 0 aromatic heterocycles. The fraction of sp³-hybridized carbons (Fsp3) is 0.417. The van der Waals surface area contributed by atoms with E-state index in [9.17, 15) is 13.2 Å². The first-order chi connectivity index (χ1) is 8.43. The van der Waals surface area contributed by atoms with E-state index in [2.05, 4.69) is 20.8 Å². The Labute approximate surface area is 115 Å². The quantitative estimate of drug-likeness (QED) is 0.776. The Morgan fingerprint density at radius 2 is 2.17 bits per heavy atom. The second-order valence-corrected chi connectivity index (χ2v) is 7.56. The highest BCUT2D eigenvalue weighted by molar-refractivity contribution is 9.10. The van der Waals surface area contributed by atoms with Crippen molar-refractivity contribution in [2.75, 3.05) is 23.0 Å². The maximum Gasteiger partial charge on any atom is 0.154 e. The molecule has 1 aromatic carbocycles. The van der Waals surface area contributed by atoms with Crippen LogP contribution in [0.15, 0.2) is 22.7 Å². The van der Waals surface area contributed by atoms with E-state index >= 15 is 0 Å². The number of rotatable bonds is 2. The van der Waals surface area contributed by atoms with Crippen molar-refractivity contribution in [2.45, 2.75) is 13.0 Å². The molecule has 0 amide bonds. The molecule has 98 valence electrons. The number of nitrogens with zero attached hydrogens (tertiary/aromatic N) is 1.